The topological polar surface area (TPSA) is 89.2 Å². The summed E-state index contributed by atoms with van der Waals surface area (Å²) in [5.74, 6) is -0.752. The average molecular weight is 542 g/mol. The van der Waals surface area contributed by atoms with Gasteiger partial charge in [0.05, 0.1) is 47.7 Å². The van der Waals surface area contributed by atoms with Gasteiger partial charge in [0.25, 0.3) is 12.3 Å². The van der Waals surface area contributed by atoms with Crippen molar-refractivity contribution in [2.45, 2.75) is 46.6 Å². The molecule has 206 valence electrons. The van der Waals surface area contributed by atoms with Crippen molar-refractivity contribution >= 4 is 22.6 Å². The minimum absolute atomic E-state index is 0.230. The molecule has 4 heterocycles. The van der Waals surface area contributed by atoms with Gasteiger partial charge in [0.15, 0.2) is 5.76 Å². The Morgan fingerprint density at radius 1 is 1.26 bits per heavy atom. The first-order chi connectivity index (χ1) is 18.7. The fraction of sp³-hybridized carbons (Fsp3) is 0.321. The molecule has 0 spiro atoms. The van der Waals surface area contributed by atoms with Gasteiger partial charge in [-0.3, -0.25) is 9.48 Å². The number of rotatable bonds is 6. The molecule has 1 aliphatic heterocycles. The average Bonchev–Trinajstić information content (AvgIpc) is 3.69. The summed E-state index contributed by atoms with van der Waals surface area (Å²) in [5, 5.41) is 4.67. The number of ether oxygens (including phenoxy) is 1. The van der Waals surface area contributed by atoms with E-state index in [4.69, 9.17) is 9.15 Å². The number of imidazole rings is 1. The number of alkyl halides is 2. The molecule has 1 amide bonds. The Labute approximate surface area is 223 Å². The van der Waals surface area contributed by atoms with Gasteiger partial charge in [-0.1, -0.05) is 13.0 Å². The van der Waals surface area contributed by atoms with E-state index in [1.165, 1.54) is 24.2 Å². The Morgan fingerprint density at radius 2 is 2.05 bits per heavy atom. The first-order valence-corrected chi connectivity index (χ1v) is 12.5. The predicted molar refractivity (Wildman–Crippen MR) is 140 cm³/mol. The Balaban J connectivity index is 0.000000292. The van der Waals surface area contributed by atoms with Gasteiger partial charge in [0.2, 0.25) is 0 Å². The highest BCUT2D eigenvalue weighted by Gasteiger charge is 2.30. The van der Waals surface area contributed by atoms with Crippen molar-refractivity contribution in [2.24, 2.45) is 7.05 Å². The lowest BCUT2D eigenvalue weighted by molar-refractivity contribution is -0.131. The second kappa shape index (κ2) is 12.1. The molecule has 0 atom stereocenters. The van der Waals surface area contributed by atoms with E-state index in [2.05, 4.69) is 15.1 Å². The number of nitrogens with one attached hydrogen (secondary N) is 1. The SMILES string of the molecule is CC/C(C)=C(\O/C(C(=O)N1CCc2nc[nH]c2C1)=C(\C)C(F)F)c1cnn(C)c1.Fc1cccc2occc12. The van der Waals surface area contributed by atoms with Crippen LogP contribution in [0.1, 0.15) is 44.1 Å². The Kier molecular flexibility index (Phi) is 8.58. The van der Waals surface area contributed by atoms with Gasteiger partial charge in [0.1, 0.15) is 17.2 Å². The molecule has 1 aromatic carbocycles. The highest BCUT2D eigenvalue weighted by molar-refractivity contribution is 5.93. The number of aryl methyl sites for hydroxylation is 1. The van der Waals surface area contributed by atoms with E-state index in [1.54, 1.807) is 48.6 Å². The van der Waals surface area contributed by atoms with Crippen LogP contribution < -0.4 is 0 Å². The Bertz CT molecular complexity index is 1520. The second-order valence-corrected chi connectivity index (χ2v) is 9.16. The van der Waals surface area contributed by atoms with Crippen molar-refractivity contribution in [2.75, 3.05) is 6.54 Å². The van der Waals surface area contributed by atoms with E-state index in [0.717, 1.165) is 17.0 Å². The van der Waals surface area contributed by atoms with Gasteiger partial charge in [-0.05, 0) is 44.0 Å². The summed E-state index contributed by atoms with van der Waals surface area (Å²) < 4.78 is 52.4. The summed E-state index contributed by atoms with van der Waals surface area (Å²) in [5.41, 5.74) is 3.37. The minimum Gasteiger partial charge on any atom is -0.464 e. The number of fused-ring (bicyclic) bond motifs is 2. The van der Waals surface area contributed by atoms with E-state index in [0.29, 0.717) is 41.7 Å². The number of H-pyrrole nitrogens is 1. The van der Waals surface area contributed by atoms with Crippen molar-refractivity contribution < 1.29 is 27.1 Å². The van der Waals surface area contributed by atoms with Crippen LogP contribution in [0.4, 0.5) is 13.2 Å². The van der Waals surface area contributed by atoms with Crippen molar-refractivity contribution in [1.29, 1.82) is 0 Å². The van der Waals surface area contributed by atoms with Crippen molar-refractivity contribution in [1.82, 2.24) is 24.6 Å². The van der Waals surface area contributed by atoms with Crippen LogP contribution in [0, 0.1) is 5.82 Å². The molecule has 8 nitrogen and oxygen atoms in total. The zero-order valence-corrected chi connectivity index (χ0v) is 22.2. The maximum absolute atomic E-state index is 13.6. The van der Waals surface area contributed by atoms with E-state index in [1.807, 2.05) is 13.8 Å². The molecule has 0 unspecified atom stereocenters. The number of amides is 1. The molecule has 0 radical (unpaired) electrons. The van der Waals surface area contributed by atoms with Gasteiger partial charge in [-0.2, -0.15) is 5.10 Å². The lowest BCUT2D eigenvalue weighted by atomic mass is 10.1. The highest BCUT2D eigenvalue weighted by atomic mass is 19.3. The van der Waals surface area contributed by atoms with E-state index in [9.17, 15) is 18.0 Å². The molecule has 4 aromatic rings. The number of furan rings is 1. The number of aromatic nitrogens is 4. The van der Waals surface area contributed by atoms with Crippen LogP contribution >= 0.6 is 0 Å². The van der Waals surface area contributed by atoms with Crippen LogP contribution in [0.25, 0.3) is 16.7 Å². The molecule has 0 saturated carbocycles. The molecule has 3 aromatic heterocycles. The fourth-order valence-electron chi connectivity index (χ4n) is 4.07. The molecule has 11 heteroatoms. The minimum atomic E-state index is -2.81. The summed E-state index contributed by atoms with van der Waals surface area (Å²) >= 11 is 0. The largest absolute Gasteiger partial charge is 0.464 e. The molecule has 0 bridgehead atoms. The molecule has 0 fully saturated rings. The first-order valence-electron chi connectivity index (χ1n) is 12.5. The molecular weight excluding hydrogens is 511 g/mol. The Hall–Kier alpha value is -4.28. The van der Waals surface area contributed by atoms with Crippen molar-refractivity contribution in [3.05, 3.63) is 88.9 Å². The van der Waals surface area contributed by atoms with Gasteiger partial charge in [-0.25, -0.2) is 18.2 Å². The van der Waals surface area contributed by atoms with Crippen molar-refractivity contribution in [3.63, 3.8) is 0 Å². The van der Waals surface area contributed by atoms with E-state index >= 15 is 0 Å². The number of hydrogen-bond donors (Lipinski definition) is 1. The molecular formula is C28H30F3N5O3. The number of carbonyl (C=O) groups is 1. The van der Waals surface area contributed by atoms with E-state index in [-0.39, 0.29) is 18.1 Å². The van der Waals surface area contributed by atoms with Crippen LogP contribution in [0.3, 0.4) is 0 Å². The zero-order valence-electron chi connectivity index (χ0n) is 22.2. The first kappa shape index (κ1) is 27.7. The van der Waals surface area contributed by atoms with Gasteiger partial charge in [-0.15, -0.1) is 0 Å². The highest BCUT2D eigenvalue weighted by Crippen LogP contribution is 2.29. The Morgan fingerprint density at radius 3 is 2.72 bits per heavy atom. The standard InChI is InChI=1S/C20H25F2N5O2.C8H5FO/c1-5-12(2)17(14-8-25-26(4)9-14)29-18(13(3)19(21)22)20(28)27-7-6-15-16(10-27)24-11-23-15;9-7-2-1-3-8-6(7)4-5-10-8/h8-9,11,19H,5-7,10H2,1-4H3,(H,23,24);1-5H/b17-12-,18-13+;. The van der Waals surface area contributed by atoms with Gasteiger partial charge < -0.3 is 19.0 Å². The monoisotopic (exact) mass is 541 g/mol. The number of allylic oxidation sites excluding steroid dienone is 2. The number of halogens is 3. The molecule has 5 rings (SSSR count). The summed E-state index contributed by atoms with van der Waals surface area (Å²) in [6, 6.07) is 6.39. The third kappa shape index (κ3) is 6.24. The fourth-order valence-corrected chi connectivity index (χ4v) is 4.07. The number of nitrogens with zero attached hydrogens (tertiary/aromatic N) is 4. The summed E-state index contributed by atoms with van der Waals surface area (Å²) in [4.78, 5) is 21.9. The number of benzene rings is 1. The second-order valence-electron chi connectivity index (χ2n) is 9.16. The normalized spacial score (nSPS) is 14.4. The van der Waals surface area contributed by atoms with Crippen LogP contribution in [0.15, 0.2) is 70.6 Å². The quantitative estimate of drug-likeness (QED) is 0.239. The van der Waals surface area contributed by atoms with Crippen molar-refractivity contribution in [3.8, 4) is 0 Å². The van der Waals surface area contributed by atoms with Gasteiger partial charge in [0, 0.05) is 31.8 Å². The molecule has 1 aliphatic rings. The third-order valence-electron chi connectivity index (χ3n) is 6.47. The van der Waals surface area contributed by atoms with Gasteiger partial charge >= 0.3 is 0 Å². The van der Waals surface area contributed by atoms with Crippen LogP contribution in [-0.2, 0) is 29.5 Å². The summed E-state index contributed by atoms with van der Waals surface area (Å²) in [6.07, 6.45) is 4.76. The summed E-state index contributed by atoms with van der Waals surface area (Å²) in [6.45, 7) is 5.67. The molecule has 0 saturated heterocycles. The predicted octanol–water partition coefficient (Wildman–Crippen LogP) is 6.00. The number of carbonyl (C=O) groups excluding carboxylic acids is 1. The molecule has 0 aliphatic carbocycles. The molecule has 39 heavy (non-hydrogen) atoms. The van der Waals surface area contributed by atoms with Crippen LogP contribution in [0.5, 0.6) is 0 Å². The lowest BCUT2D eigenvalue weighted by Crippen LogP contribution is -2.38. The van der Waals surface area contributed by atoms with Crippen LogP contribution in [-0.4, -0.2) is 43.5 Å². The third-order valence-corrected chi connectivity index (χ3v) is 6.47. The maximum atomic E-state index is 13.6. The number of aromatic amines is 1. The van der Waals surface area contributed by atoms with Crippen LogP contribution in [0.2, 0.25) is 0 Å². The maximum Gasteiger partial charge on any atom is 0.290 e. The number of hydrogen-bond acceptors (Lipinski definition) is 5. The molecule has 1 N–H and O–H groups in total. The van der Waals surface area contributed by atoms with E-state index < -0.39 is 17.9 Å². The zero-order chi connectivity index (χ0) is 28.1. The lowest BCUT2D eigenvalue weighted by Gasteiger charge is -2.28. The smallest absolute Gasteiger partial charge is 0.290 e. The summed E-state index contributed by atoms with van der Waals surface area (Å²) in [7, 11) is 1.75.